The zero-order valence-corrected chi connectivity index (χ0v) is 14.4. The Bertz CT molecular complexity index is 867. The number of nitrogens with zero attached hydrogens (tertiary/aromatic N) is 2. The SMILES string of the molecule is NC1(c2noc(-c3ccc(CNC(=O)c4cccs4)cc3)n2)CCC1. The summed E-state index contributed by atoms with van der Waals surface area (Å²) in [6.45, 7) is 0.470. The molecule has 0 bridgehead atoms. The van der Waals surface area contributed by atoms with E-state index in [0.717, 1.165) is 30.4 Å². The van der Waals surface area contributed by atoms with E-state index in [4.69, 9.17) is 10.3 Å². The third-order valence-electron chi connectivity index (χ3n) is 4.52. The van der Waals surface area contributed by atoms with Crippen molar-refractivity contribution in [1.82, 2.24) is 15.5 Å². The van der Waals surface area contributed by atoms with Crippen LogP contribution in [0.25, 0.3) is 11.5 Å². The van der Waals surface area contributed by atoms with Crippen LogP contribution in [-0.4, -0.2) is 16.0 Å². The first-order valence-electron chi connectivity index (χ1n) is 8.18. The molecule has 7 heteroatoms. The Morgan fingerprint density at radius 1 is 1.28 bits per heavy atom. The summed E-state index contributed by atoms with van der Waals surface area (Å²) in [5, 5.41) is 8.82. The molecule has 0 atom stereocenters. The Balaban J connectivity index is 1.41. The third-order valence-corrected chi connectivity index (χ3v) is 5.38. The molecule has 3 N–H and O–H groups in total. The Morgan fingerprint density at radius 2 is 2.08 bits per heavy atom. The summed E-state index contributed by atoms with van der Waals surface area (Å²) in [4.78, 5) is 17.1. The molecule has 0 spiro atoms. The average molecular weight is 354 g/mol. The maximum Gasteiger partial charge on any atom is 0.261 e. The van der Waals surface area contributed by atoms with E-state index in [1.807, 2.05) is 41.8 Å². The van der Waals surface area contributed by atoms with E-state index in [-0.39, 0.29) is 5.91 Å². The van der Waals surface area contributed by atoms with Crippen molar-refractivity contribution in [1.29, 1.82) is 0 Å². The topological polar surface area (TPSA) is 94.0 Å². The molecule has 6 nitrogen and oxygen atoms in total. The number of carbonyl (C=O) groups excluding carboxylic acids is 1. The normalized spacial score (nSPS) is 15.6. The lowest BCUT2D eigenvalue weighted by molar-refractivity contribution is 0.0955. The van der Waals surface area contributed by atoms with Crippen LogP contribution < -0.4 is 11.1 Å². The van der Waals surface area contributed by atoms with Crippen LogP contribution in [0.3, 0.4) is 0 Å². The predicted molar refractivity (Wildman–Crippen MR) is 94.9 cm³/mol. The Labute approximate surface area is 149 Å². The second kappa shape index (κ2) is 6.42. The van der Waals surface area contributed by atoms with E-state index >= 15 is 0 Å². The standard InChI is InChI=1S/C18H18N4O2S/c19-18(8-2-9-18)17-21-16(24-22-17)13-6-4-12(5-7-13)11-20-15(23)14-3-1-10-25-14/h1,3-7,10H,2,8-9,11,19H2,(H,20,23). The number of hydrogen-bond acceptors (Lipinski definition) is 6. The molecule has 128 valence electrons. The van der Waals surface area contributed by atoms with Crippen LogP contribution in [0.1, 0.15) is 40.3 Å². The first-order chi connectivity index (χ1) is 12.1. The number of nitrogens with one attached hydrogen (secondary N) is 1. The van der Waals surface area contributed by atoms with Gasteiger partial charge in [0.15, 0.2) is 5.82 Å². The zero-order valence-electron chi connectivity index (χ0n) is 13.6. The summed E-state index contributed by atoms with van der Waals surface area (Å²) in [6, 6.07) is 11.4. The van der Waals surface area contributed by atoms with Crippen LogP contribution >= 0.6 is 11.3 Å². The highest BCUT2D eigenvalue weighted by atomic mass is 32.1. The molecule has 1 fully saturated rings. The molecule has 4 rings (SSSR count). The molecular weight excluding hydrogens is 336 g/mol. The van der Waals surface area contributed by atoms with Gasteiger partial charge in [0.1, 0.15) is 0 Å². The first-order valence-corrected chi connectivity index (χ1v) is 9.06. The zero-order chi connectivity index (χ0) is 17.3. The van der Waals surface area contributed by atoms with Crippen LogP contribution in [0, 0.1) is 0 Å². The fraction of sp³-hybridized carbons (Fsp3) is 0.278. The smallest absolute Gasteiger partial charge is 0.261 e. The molecule has 0 unspecified atom stereocenters. The van der Waals surface area contributed by atoms with Crippen LogP contribution in [-0.2, 0) is 12.1 Å². The van der Waals surface area contributed by atoms with Crippen molar-refractivity contribution in [2.24, 2.45) is 5.73 Å². The van der Waals surface area contributed by atoms with E-state index in [1.165, 1.54) is 11.3 Å². The minimum Gasteiger partial charge on any atom is -0.347 e. The van der Waals surface area contributed by atoms with Crippen molar-refractivity contribution >= 4 is 17.2 Å². The number of nitrogens with two attached hydrogens (primary N) is 1. The Kier molecular flexibility index (Phi) is 4.10. The molecule has 25 heavy (non-hydrogen) atoms. The van der Waals surface area contributed by atoms with Gasteiger partial charge in [-0.2, -0.15) is 4.98 Å². The molecule has 1 aliphatic rings. The second-order valence-electron chi connectivity index (χ2n) is 6.29. The summed E-state index contributed by atoms with van der Waals surface area (Å²) in [5.74, 6) is 0.997. The first kappa shape index (κ1) is 16.0. The minimum absolute atomic E-state index is 0.0608. The lowest BCUT2D eigenvalue weighted by atomic mass is 9.77. The van der Waals surface area contributed by atoms with Gasteiger partial charge in [-0.1, -0.05) is 23.4 Å². The van der Waals surface area contributed by atoms with Crippen molar-refractivity contribution in [2.75, 3.05) is 0 Å². The van der Waals surface area contributed by atoms with Gasteiger partial charge in [-0.15, -0.1) is 11.3 Å². The molecule has 1 amide bonds. The summed E-state index contributed by atoms with van der Waals surface area (Å²) in [5.41, 5.74) is 7.65. The lowest BCUT2D eigenvalue weighted by Crippen LogP contribution is -2.44. The van der Waals surface area contributed by atoms with Gasteiger partial charge in [0.2, 0.25) is 0 Å². The molecule has 3 aromatic rings. The lowest BCUT2D eigenvalue weighted by Gasteiger charge is -2.34. The summed E-state index contributed by atoms with van der Waals surface area (Å²) in [6.07, 6.45) is 2.90. The van der Waals surface area contributed by atoms with Gasteiger partial charge in [-0.25, -0.2) is 0 Å². The number of rotatable bonds is 5. The molecule has 0 radical (unpaired) electrons. The van der Waals surface area contributed by atoms with E-state index in [0.29, 0.717) is 23.1 Å². The Hall–Kier alpha value is -2.51. The number of aromatic nitrogens is 2. The fourth-order valence-corrected chi connectivity index (χ4v) is 3.41. The third kappa shape index (κ3) is 3.20. The van der Waals surface area contributed by atoms with Gasteiger partial charge in [-0.05, 0) is 48.4 Å². The van der Waals surface area contributed by atoms with Crippen molar-refractivity contribution in [2.45, 2.75) is 31.3 Å². The summed E-state index contributed by atoms with van der Waals surface area (Å²) >= 11 is 1.43. The van der Waals surface area contributed by atoms with Crippen molar-refractivity contribution in [3.63, 3.8) is 0 Å². The fourth-order valence-electron chi connectivity index (χ4n) is 2.77. The van der Waals surface area contributed by atoms with Crippen molar-refractivity contribution in [3.8, 4) is 11.5 Å². The second-order valence-corrected chi connectivity index (χ2v) is 7.24. The van der Waals surface area contributed by atoms with E-state index < -0.39 is 5.54 Å². The van der Waals surface area contributed by atoms with Crippen LogP contribution in [0.5, 0.6) is 0 Å². The van der Waals surface area contributed by atoms with E-state index in [1.54, 1.807) is 0 Å². The highest BCUT2D eigenvalue weighted by molar-refractivity contribution is 7.12. The number of carbonyl (C=O) groups is 1. The Morgan fingerprint density at radius 3 is 2.72 bits per heavy atom. The van der Waals surface area contributed by atoms with Crippen molar-refractivity contribution < 1.29 is 9.32 Å². The number of amides is 1. The van der Waals surface area contributed by atoms with Gasteiger partial charge < -0.3 is 15.6 Å². The van der Waals surface area contributed by atoms with Crippen LogP contribution in [0.2, 0.25) is 0 Å². The van der Waals surface area contributed by atoms with Gasteiger partial charge in [0, 0.05) is 12.1 Å². The number of benzene rings is 1. The van der Waals surface area contributed by atoms with Crippen LogP contribution in [0.4, 0.5) is 0 Å². The minimum atomic E-state index is -0.423. The predicted octanol–water partition coefficient (Wildman–Crippen LogP) is 3.07. The average Bonchev–Trinajstić information content (AvgIpc) is 3.30. The summed E-state index contributed by atoms with van der Waals surface area (Å²) < 4.78 is 5.35. The molecule has 0 saturated heterocycles. The van der Waals surface area contributed by atoms with Gasteiger partial charge in [0.25, 0.3) is 11.8 Å². The maximum atomic E-state index is 12.0. The highest BCUT2D eigenvalue weighted by Gasteiger charge is 2.39. The van der Waals surface area contributed by atoms with Gasteiger partial charge in [0.05, 0.1) is 10.4 Å². The van der Waals surface area contributed by atoms with Gasteiger partial charge in [-0.3, -0.25) is 4.79 Å². The number of hydrogen-bond donors (Lipinski definition) is 2. The summed E-state index contributed by atoms with van der Waals surface area (Å²) in [7, 11) is 0. The van der Waals surface area contributed by atoms with E-state index in [9.17, 15) is 4.79 Å². The van der Waals surface area contributed by atoms with Crippen LogP contribution in [0.15, 0.2) is 46.3 Å². The molecule has 2 heterocycles. The molecule has 2 aromatic heterocycles. The molecule has 1 aliphatic carbocycles. The quantitative estimate of drug-likeness (QED) is 0.734. The van der Waals surface area contributed by atoms with Gasteiger partial charge >= 0.3 is 0 Å². The van der Waals surface area contributed by atoms with Crippen molar-refractivity contribution in [3.05, 3.63) is 58.0 Å². The highest BCUT2D eigenvalue weighted by Crippen LogP contribution is 2.37. The van der Waals surface area contributed by atoms with E-state index in [2.05, 4.69) is 15.5 Å². The number of thiophene rings is 1. The molecule has 1 aromatic carbocycles. The largest absolute Gasteiger partial charge is 0.347 e. The monoisotopic (exact) mass is 354 g/mol. The molecule has 0 aliphatic heterocycles. The molecule has 1 saturated carbocycles. The maximum absolute atomic E-state index is 12.0. The molecular formula is C18H18N4O2S.